The van der Waals surface area contributed by atoms with E-state index >= 15 is 0 Å². The predicted octanol–water partition coefficient (Wildman–Crippen LogP) is 1.76. The fourth-order valence-electron chi connectivity index (χ4n) is 2.59. The number of likely N-dealkylation sites (N-methyl/N-ethyl adjacent to an activating group) is 1. The van der Waals surface area contributed by atoms with Crippen LogP contribution < -0.4 is 5.32 Å². The molecule has 2 rings (SSSR count). The quantitative estimate of drug-likeness (QED) is 0.861. The molecule has 0 spiro atoms. The fourth-order valence-corrected chi connectivity index (χ4v) is 2.59. The highest BCUT2D eigenvalue weighted by atomic mass is 16.5. The second-order valence-corrected chi connectivity index (χ2v) is 5.17. The Hall–Kier alpha value is -2.34. The Labute approximate surface area is 129 Å². The lowest BCUT2D eigenvalue weighted by Crippen LogP contribution is -2.47. The van der Waals surface area contributed by atoms with Gasteiger partial charge in [-0.1, -0.05) is 29.8 Å². The van der Waals surface area contributed by atoms with Crippen LogP contribution in [-0.4, -0.2) is 44.8 Å². The lowest BCUT2D eigenvalue weighted by Gasteiger charge is -2.35. The van der Waals surface area contributed by atoms with Crippen molar-refractivity contribution in [1.82, 2.24) is 10.2 Å². The minimum absolute atomic E-state index is 0.131. The van der Waals surface area contributed by atoms with Crippen molar-refractivity contribution in [3.63, 3.8) is 0 Å². The standard InChI is InChI=1S/C16H20N2O4/c1-10-6-5-7-11(8-10)14-13(15(19)22-4)12(9-21-3)17-16(20)18(14)2/h5-8,14H,9H2,1-4H3,(H,17,20)/t14-/m0/s1. The first-order valence-electron chi connectivity index (χ1n) is 6.90. The van der Waals surface area contributed by atoms with Crippen molar-refractivity contribution in [2.45, 2.75) is 13.0 Å². The number of nitrogens with zero attached hydrogens (tertiary/aromatic N) is 1. The van der Waals surface area contributed by atoms with Crippen LogP contribution in [0.15, 0.2) is 35.5 Å². The SMILES string of the molecule is COCC1=C(C(=O)OC)[C@H](c2cccc(C)c2)N(C)C(=O)N1. The molecule has 22 heavy (non-hydrogen) atoms. The molecule has 1 aliphatic rings. The first-order chi connectivity index (χ1) is 10.5. The summed E-state index contributed by atoms with van der Waals surface area (Å²) in [5.41, 5.74) is 2.72. The molecule has 118 valence electrons. The third-order valence-electron chi connectivity index (χ3n) is 3.62. The molecule has 0 bridgehead atoms. The maximum absolute atomic E-state index is 12.3. The first kappa shape index (κ1) is 16.0. The molecule has 1 atom stereocenters. The summed E-state index contributed by atoms with van der Waals surface area (Å²) in [5.74, 6) is -0.481. The number of benzene rings is 1. The van der Waals surface area contributed by atoms with Crippen LogP contribution in [0.1, 0.15) is 17.2 Å². The van der Waals surface area contributed by atoms with Crippen LogP contribution in [-0.2, 0) is 14.3 Å². The van der Waals surface area contributed by atoms with Gasteiger partial charge in [0, 0.05) is 14.2 Å². The molecule has 0 unspecified atom stereocenters. The van der Waals surface area contributed by atoms with Crippen LogP contribution in [0.3, 0.4) is 0 Å². The number of ether oxygens (including phenoxy) is 2. The van der Waals surface area contributed by atoms with Crippen LogP contribution in [0, 0.1) is 6.92 Å². The molecule has 1 aliphatic heterocycles. The highest BCUT2D eigenvalue weighted by molar-refractivity contribution is 5.95. The van der Waals surface area contributed by atoms with E-state index in [9.17, 15) is 9.59 Å². The summed E-state index contributed by atoms with van der Waals surface area (Å²) in [5, 5.41) is 2.69. The van der Waals surface area contributed by atoms with Gasteiger partial charge in [-0.2, -0.15) is 0 Å². The largest absolute Gasteiger partial charge is 0.466 e. The number of esters is 1. The van der Waals surface area contributed by atoms with Crippen LogP contribution in [0.2, 0.25) is 0 Å². The average molecular weight is 304 g/mol. The Morgan fingerprint density at radius 2 is 2.09 bits per heavy atom. The number of nitrogens with one attached hydrogen (secondary N) is 1. The van der Waals surface area contributed by atoms with Crippen molar-refractivity contribution in [3.8, 4) is 0 Å². The molecule has 6 nitrogen and oxygen atoms in total. The van der Waals surface area contributed by atoms with Crippen molar-refractivity contribution in [1.29, 1.82) is 0 Å². The van der Waals surface area contributed by atoms with E-state index in [0.717, 1.165) is 11.1 Å². The van der Waals surface area contributed by atoms with E-state index in [1.165, 1.54) is 19.1 Å². The van der Waals surface area contributed by atoms with Crippen LogP contribution in [0.4, 0.5) is 4.79 Å². The zero-order valence-corrected chi connectivity index (χ0v) is 13.2. The van der Waals surface area contributed by atoms with E-state index in [-0.39, 0.29) is 12.6 Å². The van der Waals surface area contributed by atoms with Gasteiger partial charge in [-0.25, -0.2) is 9.59 Å². The number of hydrogen-bond donors (Lipinski definition) is 1. The molecule has 0 aromatic heterocycles. The molecule has 1 heterocycles. The molecule has 1 aromatic carbocycles. The number of amides is 2. The number of aryl methyl sites for hydroxylation is 1. The summed E-state index contributed by atoms with van der Waals surface area (Å²) >= 11 is 0. The minimum Gasteiger partial charge on any atom is -0.466 e. The molecule has 1 aromatic rings. The van der Waals surface area contributed by atoms with Gasteiger partial charge in [0.25, 0.3) is 0 Å². The number of carbonyl (C=O) groups is 2. The molecule has 0 radical (unpaired) electrons. The molecule has 0 saturated carbocycles. The normalized spacial score (nSPS) is 18.3. The van der Waals surface area contributed by atoms with Crippen LogP contribution >= 0.6 is 0 Å². The summed E-state index contributed by atoms with van der Waals surface area (Å²) in [6, 6.07) is 6.91. The van der Waals surface area contributed by atoms with Gasteiger partial charge in [0.2, 0.25) is 0 Å². The number of carbonyl (C=O) groups excluding carboxylic acids is 2. The Morgan fingerprint density at radius 3 is 2.68 bits per heavy atom. The van der Waals surface area contributed by atoms with Crippen molar-refractivity contribution in [2.75, 3.05) is 27.9 Å². The molecule has 0 saturated heterocycles. The Balaban J connectivity index is 2.60. The van der Waals surface area contributed by atoms with Crippen molar-refractivity contribution in [2.24, 2.45) is 0 Å². The van der Waals surface area contributed by atoms with Crippen molar-refractivity contribution in [3.05, 3.63) is 46.7 Å². The second-order valence-electron chi connectivity index (χ2n) is 5.17. The van der Waals surface area contributed by atoms with Gasteiger partial charge in [-0.05, 0) is 12.5 Å². The van der Waals surface area contributed by atoms with Crippen LogP contribution in [0.5, 0.6) is 0 Å². The highest BCUT2D eigenvalue weighted by Gasteiger charge is 2.37. The Morgan fingerprint density at radius 1 is 1.36 bits per heavy atom. The average Bonchev–Trinajstić information content (AvgIpc) is 2.50. The molecule has 0 fully saturated rings. The van der Waals surface area contributed by atoms with Gasteiger partial charge in [0.15, 0.2) is 0 Å². The van der Waals surface area contributed by atoms with E-state index in [0.29, 0.717) is 11.3 Å². The second kappa shape index (κ2) is 6.62. The summed E-state index contributed by atoms with van der Waals surface area (Å²) in [7, 11) is 4.48. The molecule has 1 N–H and O–H groups in total. The molecular weight excluding hydrogens is 284 g/mol. The topological polar surface area (TPSA) is 67.9 Å². The third-order valence-corrected chi connectivity index (χ3v) is 3.62. The van der Waals surface area contributed by atoms with Gasteiger partial charge in [-0.3, -0.25) is 0 Å². The molecular formula is C16H20N2O4. The lowest BCUT2D eigenvalue weighted by molar-refractivity contribution is -0.137. The van der Waals surface area contributed by atoms with Crippen molar-refractivity contribution < 1.29 is 19.1 Å². The van der Waals surface area contributed by atoms with Gasteiger partial charge in [-0.15, -0.1) is 0 Å². The van der Waals surface area contributed by atoms with Crippen molar-refractivity contribution >= 4 is 12.0 Å². The zero-order chi connectivity index (χ0) is 16.3. The van der Waals surface area contributed by atoms with Gasteiger partial charge < -0.3 is 19.7 Å². The molecule has 2 amide bonds. The lowest BCUT2D eigenvalue weighted by atomic mass is 9.93. The highest BCUT2D eigenvalue weighted by Crippen LogP contribution is 2.33. The molecule has 6 heteroatoms. The predicted molar refractivity (Wildman–Crippen MR) is 81.1 cm³/mol. The fraction of sp³-hybridized carbons (Fsp3) is 0.375. The summed E-state index contributed by atoms with van der Waals surface area (Å²) < 4.78 is 10.0. The van der Waals surface area contributed by atoms with E-state index in [1.807, 2.05) is 31.2 Å². The minimum atomic E-state index is -0.508. The third kappa shape index (κ3) is 2.96. The smallest absolute Gasteiger partial charge is 0.338 e. The zero-order valence-electron chi connectivity index (χ0n) is 13.2. The van der Waals surface area contributed by atoms with Gasteiger partial charge >= 0.3 is 12.0 Å². The summed E-state index contributed by atoms with van der Waals surface area (Å²) in [6.45, 7) is 2.09. The van der Waals surface area contributed by atoms with E-state index < -0.39 is 12.0 Å². The number of methoxy groups -OCH3 is 2. The maximum Gasteiger partial charge on any atom is 0.338 e. The maximum atomic E-state index is 12.3. The van der Waals surface area contributed by atoms with Gasteiger partial charge in [0.05, 0.1) is 31.0 Å². The van der Waals surface area contributed by atoms with E-state index in [4.69, 9.17) is 9.47 Å². The Kier molecular flexibility index (Phi) is 4.82. The number of hydrogen-bond acceptors (Lipinski definition) is 4. The van der Waals surface area contributed by atoms with E-state index in [1.54, 1.807) is 7.05 Å². The Bertz CT molecular complexity index is 624. The molecule has 0 aliphatic carbocycles. The summed E-state index contributed by atoms with van der Waals surface area (Å²) in [4.78, 5) is 25.9. The monoisotopic (exact) mass is 304 g/mol. The summed E-state index contributed by atoms with van der Waals surface area (Å²) in [6.07, 6.45) is 0. The van der Waals surface area contributed by atoms with E-state index in [2.05, 4.69) is 5.32 Å². The van der Waals surface area contributed by atoms with Gasteiger partial charge in [0.1, 0.15) is 0 Å². The first-order valence-corrected chi connectivity index (χ1v) is 6.90. The van der Waals surface area contributed by atoms with Crippen LogP contribution in [0.25, 0.3) is 0 Å². The number of rotatable bonds is 4. The number of urea groups is 1.